The summed E-state index contributed by atoms with van der Waals surface area (Å²) in [5.41, 5.74) is 5.59. The molecule has 4 rings (SSSR count). The highest BCUT2D eigenvalue weighted by atomic mass is 16.2. The van der Waals surface area contributed by atoms with Crippen LogP contribution in [-0.2, 0) is 12.0 Å². The number of carbonyl (C=O) groups excluding carboxylic acids is 1. The van der Waals surface area contributed by atoms with Gasteiger partial charge in [0.25, 0.3) is 11.7 Å². The minimum Gasteiger partial charge on any atom is -0.301 e. The lowest BCUT2D eigenvalue weighted by molar-refractivity contribution is 0.0984. The summed E-state index contributed by atoms with van der Waals surface area (Å²) in [6.07, 6.45) is 0. The highest BCUT2D eigenvalue weighted by Crippen LogP contribution is 2.25. The molecule has 0 unspecified atom stereocenters. The third-order valence-electron chi connectivity index (χ3n) is 5.52. The number of anilines is 1. The van der Waals surface area contributed by atoms with Crippen molar-refractivity contribution in [2.24, 2.45) is 0 Å². The number of hydrogen-bond donors (Lipinski definition) is 0. The lowest BCUT2D eigenvalue weighted by Crippen LogP contribution is -2.31. The highest BCUT2D eigenvalue weighted by Gasteiger charge is 2.22. The van der Waals surface area contributed by atoms with Crippen LogP contribution < -0.4 is 4.90 Å². The molecule has 0 bridgehead atoms. The Bertz CT molecular complexity index is 1280. The van der Waals surface area contributed by atoms with Crippen molar-refractivity contribution >= 4 is 17.4 Å². The summed E-state index contributed by atoms with van der Waals surface area (Å²) in [5, 5.41) is 4.61. The highest BCUT2D eigenvalue weighted by molar-refractivity contribution is 6.06. The molecule has 6 nitrogen and oxygen atoms in total. The minimum atomic E-state index is -0.0872. The summed E-state index contributed by atoms with van der Waals surface area (Å²) in [5.74, 6) is 1.01. The van der Waals surface area contributed by atoms with E-state index in [0.717, 1.165) is 22.6 Å². The first-order valence-corrected chi connectivity index (χ1v) is 10.8. The predicted octanol–water partition coefficient (Wildman–Crippen LogP) is 5.19. The molecule has 0 aliphatic rings. The molecule has 0 fully saturated rings. The van der Waals surface area contributed by atoms with E-state index >= 15 is 0 Å². The van der Waals surface area contributed by atoms with E-state index < -0.39 is 0 Å². The Kier molecular flexibility index (Phi) is 5.55. The zero-order valence-electron chi connectivity index (χ0n) is 19.5. The van der Waals surface area contributed by atoms with E-state index in [1.165, 1.54) is 5.56 Å². The number of hydrogen-bond acceptors (Lipinski definition) is 4. The standard InChI is InChI=1S/C26H29N5O/c1-17-8-7-9-22(14-17)30(24(32)20-10-12-21(13-11-20)26(4,5)6)16-23-28-25-27-18(2)15-19(3)31(25)29-23/h7-15H,16H2,1-6H3. The molecular formula is C26H29N5O. The van der Waals surface area contributed by atoms with Crippen molar-refractivity contribution in [2.75, 3.05) is 4.90 Å². The number of carbonyl (C=O) groups is 1. The molecular weight excluding hydrogens is 398 g/mol. The second-order valence-electron chi connectivity index (χ2n) is 9.34. The van der Waals surface area contributed by atoms with Crippen LogP contribution in [0.4, 0.5) is 5.69 Å². The predicted molar refractivity (Wildman–Crippen MR) is 127 cm³/mol. The molecule has 0 saturated heterocycles. The Morgan fingerprint density at radius 1 is 0.969 bits per heavy atom. The fourth-order valence-electron chi connectivity index (χ4n) is 3.76. The topological polar surface area (TPSA) is 63.4 Å². The van der Waals surface area contributed by atoms with Gasteiger partial charge in [0.15, 0.2) is 5.82 Å². The molecule has 1 amide bonds. The van der Waals surface area contributed by atoms with E-state index in [0.29, 0.717) is 17.2 Å². The third kappa shape index (κ3) is 4.40. The number of aryl methyl sites for hydroxylation is 3. The van der Waals surface area contributed by atoms with E-state index in [-0.39, 0.29) is 17.9 Å². The first kappa shape index (κ1) is 21.7. The van der Waals surface area contributed by atoms with Gasteiger partial charge >= 0.3 is 0 Å². The molecule has 6 heteroatoms. The molecule has 2 heterocycles. The van der Waals surface area contributed by atoms with Gasteiger partial charge in [0.2, 0.25) is 0 Å². The van der Waals surface area contributed by atoms with Crippen molar-refractivity contribution in [1.82, 2.24) is 19.6 Å². The average molecular weight is 428 g/mol. The molecule has 0 aliphatic carbocycles. The average Bonchev–Trinajstić information content (AvgIpc) is 3.14. The summed E-state index contributed by atoms with van der Waals surface area (Å²) >= 11 is 0. The molecule has 0 aliphatic heterocycles. The summed E-state index contributed by atoms with van der Waals surface area (Å²) in [7, 11) is 0. The van der Waals surface area contributed by atoms with E-state index in [9.17, 15) is 4.79 Å². The fourth-order valence-corrected chi connectivity index (χ4v) is 3.76. The maximum atomic E-state index is 13.6. The summed E-state index contributed by atoms with van der Waals surface area (Å²) in [4.78, 5) is 24.4. The van der Waals surface area contributed by atoms with Crippen LogP contribution in [0.5, 0.6) is 0 Å². The van der Waals surface area contributed by atoms with E-state index in [4.69, 9.17) is 0 Å². The second-order valence-corrected chi connectivity index (χ2v) is 9.34. The largest absolute Gasteiger partial charge is 0.301 e. The first-order chi connectivity index (χ1) is 15.1. The first-order valence-electron chi connectivity index (χ1n) is 10.8. The van der Waals surface area contributed by atoms with Crippen molar-refractivity contribution in [2.45, 2.75) is 53.5 Å². The second kappa shape index (κ2) is 8.19. The number of nitrogens with zero attached hydrogens (tertiary/aromatic N) is 5. The van der Waals surface area contributed by atoms with Gasteiger partial charge in [0.1, 0.15) is 0 Å². The molecule has 0 N–H and O–H groups in total. The van der Waals surface area contributed by atoms with Crippen molar-refractivity contribution in [3.8, 4) is 0 Å². The SMILES string of the molecule is Cc1cccc(N(Cc2nc3nc(C)cc(C)n3n2)C(=O)c2ccc(C(C)(C)C)cc2)c1. The normalized spacial score (nSPS) is 11.7. The van der Waals surface area contributed by atoms with Crippen molar-refractivity contribution in [3.05, 3.63) is 88.5 Å². The van der Waals surface area contributed by atoms with Crippen molar-refractivity contribution < 1.29 is 4.79 Å². The molecule has 2 aromatic heterocycles. The zero-order chi connectivity index (χ0) is 23.0. The van der Waals surface area contributed by atoms with Crippen LogP contribution in [-0.4, -0.2) is 25.5 Å². The Labute approximate surface area is 188 Å². The van der Waals surface area contributed by atoms with Crippen molar-refractivity contribution in [3.63, 3.8) is 0 Å². The molecule has 0 radical (unpaired) electrons. The van der Waals surface area contributed by atoms with Crippen LogP contribution in [0.15, 0.2) is 54.6 Å². The molecule has 0 saturated carbocycles. The molecule has 0 atom stereocenters. The molecule has 32 heavy (non-hydrogen) atoms. The molecule has 4 aromatic rings. The minimum absolute atomic E-state index is 0.0290. The quantitative estimate of drug-likeness (QED) is 0.449. The van der Waals surface area contributed by atoms with Gasteiger partial charge in [-0.2, -0.15) is 4.98 Å². The van der Waals surface area contributed by atoms with Crippen LogP contribution >= 0.6 is 0 Å². The summed E-state index contributed by atoms with van der Waals surface area (Å²) < 4.78 is 1.72. The van der Waals surface area contributed by atoms with Crippen LogP contribution in [0.25, 0.3) is 5.78 Å². The monoisotopic (exact) mass is 427 g/mol. The summed E-state index contributed by atoms with van der Waals surface area (Å²) in [6.45, 7) is 12.7. The maximum Gasteiger partial charge on any atom is 0.258 e. The molecule has 0 spiro atoms. The van der Waals surface area contributed by atoms with Gasteiger partial charge in [-0.25, -0.2) is 9.50 Å². The summed E-state index contributed by atoms with van der Waals surface area (Å²) in [6, 6.07) is 17.7. The molecule has 164 valence electrons. The smallest absolute Gasteiger partial charge is 0.258 e. The third-order valence-corrected chi connectivity index (χ3v) is 5.52. The van der Waals surface area contributed by atoms with Gasteiger partial charge in [-0.05, 0) is 67.6 Å². The van der Waals surface area contributed by atoms with E-state index in [1.54, 1.807) is 9.42 Å². The van der Waals surface area contributed by atoms with Crippen LogP contribution in [0.3, 0.4) is 0 Å². The molecule has 2 aromatic carbocycles. The van der Waals surface area contributed by atoms with Crippen LogP contribution in [0.2, 0.25) is 0 Å². The number of amides is 1. The van der Waals surface area contributed by atoms with Gasteiger partial charge in [0.05, 0.1) is 6.54 Å². The van der Waals surface area contributed by atoms with Gasteiger partial charge in [-0.15, -0.1) is 5.10 Å². The maximum absolute atomic E-state index is 13.6. The number of fused-ring (bicyclic) bond motifs is 1. The lowest BCUT2D eigenvalue weighted by atomic mass is 9.86. The van der Waals surface area contributed by atoms with Crippen molar-refractivity contribution in [1.29, 1.82) is 0 Å². The van der Waals surface area contributed by atoms with Gasteiger partial charge in [0, 0.05) is 22.6 Å². The Hall–Kier alpha value is -3.54. The number of benzene rings is 2. The Morgan fingerprint density at radius 2 is 1.69 bits per heavy atom. The van der Waals surface area contributed by atoms with E-state index in [2.05, 4.69) is 35.8 Å². The Morgan fingerprint density at radius 3 is 2.34 bits per heavy atom. The fraction of sp³-hybridized carbons (Fsp3) is 0.308. The van der Waals surface area contributed by atoms with Gasteiger partial charge < -0.3 is 4.90 Å². The van der Waals surface area contributed by atoms with E-state index in [1.807, 2.05) is 75.4 Å². The van der Waals surface area contributed by atoms with Crippen LogP contribution in [0.1, 0.15) is 59.5 Å². The number of rotatable bonds is 4. The van der Waals surface area contributed by atoms with Gasteiger partial charge in [-0.3, -0.25) is 4.79 Å². The van der Waals surface area contributed by atoms with Crippen LogP contribution in [0, 0.1) is 20.8 Å². The lowest BCUT2D eigenvalue weighted by Gasteiger charge is -2.23. The van der Waals surface area contributed by atoms with Gasteiger partial charge in [-0.1, -0.05) is 45.0 Å². The number of aromatic nitrogens is 4. The zero-order valence-corrected chi connectivity index (χ0v) is 19.5. The Balaban J connectivity index is 1.72.